The lowest BCUT2D eigenvalue weighted by Crippen LogP contribution is -2.19. The molecule has 1 aromatic carbocycles. The van der Waals surface area contributed by atoms with E-state index < -0.39 is 0 Å². The number of nitrogens with one attached hydrogen (secondary N) is 1. The minimum atomic E-state index is -0.188. The fourth-order valence-electron chi connectivity index (χ4n) is 1.72. The van der Waals surface area contributed by atoms with Crippen LogP contribution in [-0.2, 0) is 11.3 Å². The number of aromatic nitrogens is 2. The zero-order valence-corrected chi connectivity index (χ0v) is 10.9. The molecule has 2 rings (SSSR count). The Bertz CT molecular complexity index is 592. The molecule has 0 atom stereocenters. The summed E-state index contributed by atoms with van der Waals surface area (Å²) in [4.78, 5) is 11.9. The number of anilines is 2. The Morgan fingerprint density at radius 2 is 2.32 bits per heavy atom. The second-order valence-corrected chi connectivity index (χ2v) is 4.22. The van der Waals surface area contributed by atoms with Gasteiger partial charge in [-0.3, -0.25) is 9.48 Å². The van der Waals surface area contributed by atoms with E-state index in [9.17, 15) is 4.79 Å². The SMILES string of the molecule is COc1ccc(C)cc1NC(=O)Cn1cc(N)cn1. The van der Waals surface area contributed by atoms with E-state index in [0.717, 1.165) is 5.56 Å². The number of aryl methyl sites for hydroxylation is 1. The molecule has 1 aromatic heterocycles. The maximum Gasteiger partial charge on any atom is 0.246 e. The van der Waals surface area contributed by atoms with Crippen LogP contribution in [0.5, 0.6) is 5.75 Å². The Balaban J connectivity index is 2.08. The molecule has 2 aromatic rings. The quantitative estimate of drug-likeness (QED) is 0.871. The number of hydrogen-bond acceptors (Lipinski definition) is 4. The van der Waals surface area contributed by atoms with Gasteiger partial charge < -0.3 is 15.8 Å². The highest BCUT2D eigenvalue weighted by atomic mass is 16.5. The number of hydrogen-bond donors (Lipinski definition) is 2. The number of nitrogen functional groups attached to an aromatic ring is 1. The van der Waals surface area contributed by atoms with Crippen molar-refractivity contribution >= 4 is 17.3 Å². The number of methoxy groups -OCH3 is 1. The van der Waals surface area contributed by atoms with Gasteiger partial charge in [0.15, 0.2) is 0 Å². The van der Waals surface area contributed by atoms with Crippen LogP contribution in [0.2, 0.25) is 0 Å². The van der Waals surface area contributed by atoms with Gasteiger partial charge >= 0.3 is 0 Å². The summed E-state index contributed by atoms with van der Waals surface area (Å²) in [6, 6.07) is 5.59. The number of carbonyl (C=O) groups excluding carboxylic acids is 1. The molecule has 0 fully saturated rings. The Labute approximate surface area is 111 Å². The molecule has 0 aliphatic rings. The van der Waals surface area contributed by atoms with Crippen molar-refractivity contribution in [2.75, 3.05) is 18.2 Å². The number of carbonyl (C=O) groups is 1. The normalized spacial score (nSPS) is 10.2. The molecule has 0 aliphatic heterocycles. The predicted molar refractivity (Wildman–Crippen MR) is 73.0 cm³/mol. The van der Waals surface area contributed by atoms with Gasteiger partial charge in [0, 0.05) is 6.20 Å². The zero-order chi connectivity index (χ0) is 13.8. The van der Waals surface area contributed by atoms with Crippen LogP contribution < -0.4 is 15.8 Å². The number of nitrogens with two attached hydrogens (primary N) is 1. The van der Waals surface area contributed by atoms with Gasteiger partial charge in [-0.2, -0.15) is 5.10 Å². The first-order chi connectivity index (χ1) is 9.08. The second-order valence-electron chi connectivity index (χ2n) is 4.22. The van der Waals surface area contributed by atoms with Gasteiger partial charge in [0.25, 0.3) is 0 Å². The summed E-state index contributed by atoms with van der Waals surface area (Å²) in [5, 5.41) is 6.75. The average molecular weight is 260 g/mol. The molecule has 19 heavy (non-hydrogen) atoms. The van der Waals surface area contributed by atoms with E-state index in [-0.39, 0.29) is 12.5 Å². The van der Waals surface area contributed by atoms with Gasteiger partial charge in [0.05, 0.1) is 24.7 Å². The van der Waals surface area contributed by atoms with Gasteiger partial charge in [-0.05, 0) is 24.6 Å². The van der Waals surface area contributed by atoms with Crippen molar-refractivity contribution < 1.29 is 9.53 Å². The van der Waals surface area contributed by atoms with Crippen LogP contribution in [0, 0.1) is 6.92 Å². The van der Waals surface area contributed by atoms with E-state index in [0.29, 0.717) is 17.1 Å². The lowest BCUT2D eigenvalue weighted by molar-refractivity contribution is -0.116. The molecule has 0 saturated carbocycles. The molecule has 0 radical (unpaired) electrons. The Morgan fingerprint density at radius 3 is 2.95 bits per heavy atom. The molecular formula is C13H16N4O2. The first kappa shape index (κ1) is 12.9. The van der Waals surface area contributed by atoms with Crippen molar-refractivity contribution in [2.24, 2.45) is 0 Å². The summed E-state index contributed by atoms with van der Waals surface area (Å²) >= 11 is 0. The number of ether oxygens (including phenoxy) is 1. The predicted octanol–water partition coefficient (Wildman–Crippen LogP) is 1.42. The lowest BCUT2D eigenvalue weighted by atomic mass is 10.2. The summed E-state index contributed by atoms with van der Waals surface area (Å²) in [6.45, 7) is 2.05. The molecule has 6 nitrogen and oxygen atoms in total. The van der Waals surface area contributed by atoms with Gasteiger partial charge in [0.2, 0.25) is 5.91 Å². The molecule has 3 N–H and O–H groups in total. The topological polar surface area (TPSA) is 82.2 Å². The second kappa shape index (κ2) is 5.43. The highest BCUT2D eigenvalue weighted by Gasteiger charge is 2.09. The van der Waals surface area contributed by atoms with Crippen molar-refractivity contribution in [3.05, 3.63) is 36.2 Å². The van der Waals surface area contributed by atoms with Crippen molar-refractivity contribution in [2.45, 2.75) is 13.5 Å². The van der Waals surface area contributed by atoms with E-state index in [1.54, 1.807) is 13.3 Å². The van der Waals surface area contributed by atoms with Gasteiger partial charge in [-0.15, -0.1) is 0 Å². The summed E-state index contributed by atoms with van der Waals surface area (Å²) in [5.41, 5.74) is 7.75. The number of amides is 1. The molecule has 0 bridgehead atoms. The van der Waals surface area contributed by atoms with E-state index in [4.69, 9.17) is 10.5 Å². The van der Waals surface area contributed by atoms with Crippen LogP contribution in [0.4, 0.5) is 11.4 Å². The van der Waals surface area contributed by atoms with E-state index in [1.807, 2.05) is 25.1 Å². The number of nitrogens with zero attached hydrogens (tertiary/aromatic N) is 2. The minimum absolute atomic E-state index is 0.105. The Morgan fingerprint density at radius 1 is 1.53 bits per heavy atom. The summed E-state index contributed by atoms with van der Waals surface area (Å²) < 4.78 is 6.68. The third-order valence-corrected chi connectivity index (χ3v) is 2.59. The summed E-state index contributed by atoms with van der Waals surface area (Å²) in [6.07, 6.45) is 3.10. The van der Waals surface area contributed by atoms with E-state index in [1.165, 1.54) is 10.9 Å². The summed E-state index contributed by atoms with van der Waals surface area (Å²) in [5.74, 6) is 0.436. The first-order valence-corrected chi connectivity index (χ1v) is 5.81. The molecule has 1 amide bonds. The van der Waals surface area contributed by atoms with Crippen LogP contribution >= 0.6 is 0 Å². The first-order valence-electron chi connectivity index (χ1n) is 5.81. The minimum Gasteiger partial charge on any atom is -0.495 e. The molecular weight excluding hydrogens is 244 g/mol. The molecule has 0 unspecified atom stereocenters. The number of benzene rings is 1. The van der Waals surface area contributed by atoms with Gasteiger partial charge in [-0.25, -0.2) is 0 Å². The Hall–Kier alpha value is -2.50. The molecule has 6 heteroatoms. The van der Waals surface area contributed by atoms with Gasteiger partial charge in [0.1, 0.15) is 12.3 Å². The van der Waals surface area contributed by atoms with Crippen molar-refractivity contribution in [1.82, 2.24) is 9.78 Å². The van der Waals surface area contributed by atoms with Crippen LogP contribution in [0.1, 0.15) is 5.56 Å². The van der Waals surface area contributed by atoms with Crippen LogP contribution in [0.25, 0.3) is 0 Å². The fraction of sp³-hybridized carbons (Fsp3) is 0.231. The molecule has 1 heterocycles. The van der Waals surface area contributed by atoms with E-state index >= 15 is 0 Å². The molecule has 0 aliphatic carbocycles. The van der Waals surface area contributed by atoms with Crippen LogP contribution in [0.15, 0.2) is 30.6 Å². The lowest BCUT2D eigenvalue weighted by Gasteiger charge is -2.11. The molecule has 0 spiro atoms. The third-order valence-electron chi connectivity index (χ3n) is 2.59. The monoisotopic (exact) mass is 260 g/mol. The van der Waals surface area contributed by atoms with Crippen molar-refractivity contribution in [3.8, 4) is 5.75 Å². The smallest absolute Gasteiger partial charge is 0.246 e. The Kier molecular flexibility index (Phi) is 3.70. The van der Waals surface area contributed by atoms with Crippen molar-refractivity contribution in [1.29, 1.82) is 0 Å². The third kappa shape index (κ3) is 3.25. The summed E-state index contributed by atoms with van der Waals surface area (Å²) in [7, 11) is 1.56. The molecule has 0 saturated heterocycles. The zero-order valence-electron chi connectivity index (χ0n) is 10.9. The van der Waals surface area contributed by atoms with Crippen LogP contribution in [0.3, 0.4) is 0 Å². The van der Waals surface area contributed by atoms with E-state index in [2.05, 4.69) is 10.4 Å². The highest BCUT2D eigenvalue weighted by Crippen LogP contribution is 2.25. The highest BCUT2D eigenvalue weighted by molar-refractivity contribution is 5.92. The maximum absolute atomic E-state index is 11.9. The number of rotatable bonds is 4. The van der Waals surface area contributed by atoms with Crippen LogP contribution in [-0.4, -0.2) is 22.8 Å². The molecule has 100 valence electrons. The average Bonchev–Trinajstić information content (AvgIpc) is 2.75. The van der Waals surface area contributed by atoms with Gasteiger partial charge in [-0.1, -0.05) is 6.07 Å². The maximum atomic E-state index is 11.9. The standard InChI is InChI=1S/C13H16N4O2/c1-9-3-4-12(19-2)11(5-9)16-13(18)8-17-7-10(14)6-15-17/h3-7H,8,14H2,1-2H3,(H,16,18). The fourth-order valence-corrected chi connectivity index (χ4v) is 1.72. The van der Waals surface area contributed by atoms with Crippen molar-refractivity contribution in [3.63, 3.8) is 0 Å². The largest absolute Gasteiger partial charge is 0.495 e.